The molecular formula is C23H15ClFNO3. The van der Waals surface area contributed by atoms with Crippen LogP contribution in [0.4, 0.5) is 10.3 Å². The molecule has 29 heavy (non-hydrogen) atoms. The third-order valence-corrected chi connectivity index (χ3v) is 4.85. The molecule has 3 aromatic carbocycles. The number of para-hydroxylation sites is 1. The molecule has 1 heterocycles. The van der Waals surface area contributed by atoms with Crippen LogP contribution in [-0.2, 0) is 0 Å². The molecular weight excluding hydrogens is 393 g/mol. The topological polar surface area (TPSA) is 59.3 Å². The summed E-state index contributed by atoms with van der Waals surface area (Å²) in [7, 11) is 0. The Morgan fingerprint density at radius 2 is 1.72 bits per heavy atom. The highest BCUT2D eigenvalue weighted by Gasteiger charge is 2.21. The van der Waals surface area contributed by atoms with Gasteiger partial charge in [0.25, 0.3) is 5.91 Å². The Hall–Kier alpha value is -3.44. The summed E-state index contributed by atoms with van der Waals surface area (Å²) in [6.45, 7) is 1.80. The molecule has 0 atom stereocenters. The number of nitrogens with one attached hydrogen (secondary N) is 1. The summed E-state index contributed by atoms with van der Waals surface area (Å²) in [5.41, 5.74) is 1.34. The number of rotatable bonds is 3. The summed E-state index contributed by atoms with van der Waals surface area (Å²) in [4.78, 5) is 25.9. The number of halogens is 2. The Morgan fingerprint density at radius 1 is 1.00 bits per heavy atom. The van der Waals surface area contributed by atoms with Gasteiger partial charge in [0.05, 0.1) is 16.5 Å². The maximum Gasteiger partial charge on any atom is 0.260 e. The average Bonchev–Trinajstić information content (AvgIpc) is 2.70. The number of hydrogen-bond acceptors (Lipinski definition) is 3. The molecule has 0 aliphatic heterocycles. The predicted octanol–water partition coefficient (Wildman–Crippen LogP) is 5.81. The second-order valence-corrected chi connectivity index (χ2v) is 6.96. The molecule has 0 aliphatic rings. The van der Waals surface area contributed by atoms with E-state index in [0.29, 0.717) is 21.6 Å². The maximum atomic E-state index is 14.0. The van der Waals surface area contributed by atoms with Crippen LogP contribution in [0, 0.1) is 12.7 Å². The number of fused-ring (bicyclic) bond motifs is 1. The number of carbonyl (C=O) groups excluding carboxylic acids is 1. The van der Waals surface area contributed by atoms with Gasteiger partial charge in [0, 0.05) is 5.02 Å². The van der Waals surface area contributed by atoms with Gasteiger partial charge < -0.3 is 4.42 Å². The van der Waals surface area contributed by atoms with Gasteiger partial charge in [-0.3, -0.25) is 14.9 Å². The number of carbonyl (C=O) groups is 1. The first-order chi connectivity index (χ1) is 14.0. The molecule has 4 aromatic rings. The van der Waals surface area contributed by atoms with Crippen LogP contribution in [-0.4, -0.2) is 5.91 Å². The predicted molar refractivity (Wildman–Crippen MR) is 112 cm³/mol. The van der Waals surface area contributed by atoms with Crippen LogP contribution >= 0.6 is 11.6 Å². The van der Waals surface area contributed by atoms with Gasteiger partial charge in [0.15, 0.2) is 0 Å². The highest BCUT2D eigenvalue weighted by atomic mass is 35.5. The molecule has 144 valence electrons. The van der Waals surface area contributed by atoms with Crippen LogP contribution in [0.15, 0.2) is 75.9 Å². The SMILES string of the molecule is Cc1cccc2c(=O)c(-c3ccc(Cl)cc3)c(NC(=O)c3ccccc3F)oc12. The minimum atomic E-state index is -0.714. The molecule has 0 unspecified atom stereocenters. The Labute approximate surface area is 170 Å². The Kier molecular flexibility index (Phi) is 4.91. The zero-order chi connectivity index (χ0) is 20.5. The molecule has 0 saturated carbocycles. The number of hydrogen-bond donors (Lipinski definition) is 1. The van der Waals surface area contributed by atoms with E-state index in [1.54, 1.807) is 55.5 Å². The van der Waals surface area contributed by atoms with Crippen molar-refractivity contribution in [3.63, 3.8) is 0 Å². The summed E-state index contributed by atoms with van der Waals surface area (Å²) in [5.74, 6) is -1.43. The van der Waals surface area contributed by atoms with E-state index in [2.05, 4.69) is 5.32 Å². The molecule has 4 rings (SSSR count). The molecule has 1 amide bonds. The Bertz CT molecular complexity index is 1300. The fourth-order valence-corrected chi connectivity index (χ4v) is 3.27. The van der Waals surface area contributed by atoms with E-state index >= 15 is 0 Å². The van der Waals surface area contributed by atoms with Crippen molar-refractivity contribution >= 4 is 34.4 Å². The van der Waals surface area contributed by atoms with Crippen molar-refractivity contribution in [2.24, 2.45) is 0 Å². The highest BCUT2D eigenvalue weighted by Crippen LogP contribution is 2.31. The Morgan fingerprint density at radius 3 is 2.45 bits per heavy atom. The molecule has 0 radical (unpaired) electrons. The van der Waals surface area contributed by atoms with E-state index in [9.17, 15) is 14.0 Å². The van der Waals surface area contributed by atoms with Crippen LogP contribution < -0.4 is 10.7 Å². The standard InChI is InChI=1S/C23H15ClFNO3/c1-13-5-4-7-17-20(27)19(14-9-11-15(24)12-10-14)23(29-21(13)17)26-22(28)16-6-2-3-8-18(16)25/h2-12H,1H3,(H,26,28). The molecule has 0 fully saturated rings. The monoisotopic (exact) mass is 407 g/mol. The number of amides is 1. The van der Waals surface area contributed by atoms with Crippen molar-refractivity contribution in [3.8, 4) is 11.1 Å². The third kappa shape index (κ3) is 3.52. The smallest absolute Gasteiger partial charge is 0.260 e. The molecule has 0 saturated heterocycles. The van der Waals surface area contributed by atoms with Gasteiger partial charge in [-0.25, -0.2) is 4.39 Å². The van der Waals surface area contributed by atoms with Crippen molar-refractivity contribution in [3.05, 3.63) is 98.9 Å². The van der Waals surface area contributed by atoms with E-state index in [4.69, 9.17) is 16.0 Å². The van der Waals surface area contributed by atoms with Crippen molar-refractivity contribution in [1.29, 1.82) is 0 Å². The minimum absolute atomic E-state index is 0.0487. The fraction of sp³-hybridized carbons (Fsp3) is 0.0435. The molecule has 0 spiro atoms. The van der Waals surface area contributed by atoms with Gasteiger partial charge in [0.1, 0.15) is 11.4 Å². The summed E-state index contributed by atoms with van der Waals surface area (Å²) in [6, 6.07) is 17.4. The summed E-state index contributed by atoms with van der Waals surface area (Å²) in [5, 5.41) is 3.46. The van der Waals surface area contributed by atoms with E-state index in [1.807, 2.05) is 0 Å². The normalized spacial score (nSPS) is 10.9. The second kappa shape index (κ2) is 7.53. The van der Waals surface area contributed by atoms with Crippen LogP contribution in [0.1, 0.15) is 15.9 Å². The highest BCUT2D eigenvalue weighted by molar-refractivity contribution is 6.30. The van der Waals surface area contributed by atoms with E-state index in [-0.39, 0.29) is 22.4 Å². The van der Waals surface area contributed by atoms with E-state index in [0.717, 1.165) is 5.56 Å². The summed E-state index contributed by atoms with van der Waals surface area (Å²) in [6.07, 6.45) is 0. The third-order valence-electron chi connectivity index (χ3n) is 4.59. The largest absolute Gasteiger partial charge is 0.439 e. The van der Waals surface area contributed by atoms with Crippen molar-refractivity contribution in [2.45, 2.75) is 6.92 Å². The maximum absolute atomic E-state index is 14.0. The second-order valence-electron chi connectivity index (χ2n) is 6.53. The lowest BCUT2D eigenvalue weighted by atomic mass is 10.0. The molecule has 0 bridgehead atoms. The first-order valence-electron chi connectivity index (χ1n) is 8.84. The lowest BCUT2D eigenvalue weighted by molar-refractivity contribution is 0.102. The quantitative estimate of drug-likeness (QED) is 0.466. The number of anilines is 1. The first kappa shape index (κ1) is 18.9. The molecule has 1 aromatic heterocycles. The average molecular weight is 408 g/mol. The van der Waals surface area contributed by atoms with Crippen LogP contribution in [0.5, 0.6) is 0 Å². The molecule has 4 nitrogen and oxygen atoms in total. The zero-order valence-corrected chi connectivity index (χ0v) is 16.1. The lowest BCUT2D eigenvalue weighted by Crippen LogP contribution is -2.17. The van der Waals surface area contributed by atoms with Crippen molar-refractivity contribution in [1.82, 2.24) is 0 Å². The van der Waals surface area contributed by atoms with Crippen molar-refractivity contribution < 1.29 is 13.6 Å². The van der Waals surface area contributed by atoms with Crippen LogP contribution in [0.25, 0.3) is 22.1 Å². The summed E-state index contributed by atoms with van der Waals surface area (Å²) >= 11 is 5.96. The Balaban J connectivity index is 1.93. The number of benzene rings is 3. The minimum Gasteiger partial charge on any atom is -0.439 e. The fourth-order valence-electron chi connectivity index (χ4n) is 3.14. The van der Waals surface area contributed by atoms with E-state index < -0.39 is 11.7 Å². The van der Waals surface area contributed by atoms with Gasteiger partial charge in [-0.15, -0.1) is 0 Å². The first-order valence-corrected chi connectivity index (χ1v) is 9.22. The summed E-state index contributed by atoms with van der Waals surface area (Å²) < 4.78 is 20.0. The van der Waals surface area contributed by atoms with Gasteiger partial charge in [-0.1, -0.05) is 48.0 Å². The molecule has 6 heteroatoms. The van der Waals surface area contributed by atoms with Crippen LogP contribution in [0.3, 0.4) is 0 Å². The van der Waals surface area contributed by atoms with Gasteiger partial charge in [-0.05, 0) is 48.4 Å². The number of aryl methyl sites for hydroxylation is 1. The van der Waals surface area contributed by atoms with Crippen molar-refractivity contribution in [2.75, 3.05) is 5.32 Å². The van der Waals surface area contributed by atoms with Gasteiger partial charge in [0.2, 0.25) is 11.3 Å². The van der Waals surface area contributed by atoms with Crippen LogP contribution in [0.2, 0.25) is 5.02 Å². The van der Waals surface area contributed by atoms with Gasteiger partial charge in [-0.2, -0.15) is 0 Å². The van der Waals surface area contributed by atoms with Gasteiger partial charge >= 0.3 is 0 Å². The molecule has 0 aliphatic carbocycles. The zero-order valence-electron chi connectivity index (χ0n) is 15.3. The van der Waals surface area contributed by atoms with E-state index in [1.165, 1.54) is 18.2 Å². The molecule has 1 N–H and O–H groups in total. The lowest BCUT2D eigenvalue weighted by Gasteiger charge is -2.13.